The minimum absolute atomic E-state index is 0.132. The van der Waals surface area contributed by atoms with Gasteiger partial charge in [-0.15, -0.1) is 11.3 Å². The van der Waals surface area contributed by atoms with Gasteiger partial charge in [-0.1, -0.05) is 15.9 Å². The van der Waals surface area contributed by atoms with Crippen LogP contribution in [0.3, 0.4) is 0 Å². The maximum absolute atomic E-state index is 13.7. The van der Waals surface area contributed by atoms with Gasteiger partial charge in [0.2, 0.25) is 5.28 Å². The van der Waals surface area contributed by atoms with Crippen molar-refractivity contribution >= 4 is 60.6 Å². The van der Waals surface area contributed by atoms with Gasteiger partial charge in [0.25, 0.3) is 0 Å². The van der Waals surface area contributed by atoms with Gasteiger partial charge in [0.05, 0.1) is 11.1 Å². The zero-order valence-electron chi connectivity index (χ0n) is 9.32. The zero-order chi connectivity index (χ0) is 13.4. The number of nitrogens with zero attached hydrogens (tertiary/aromatic N) is 2. The molecule has 0 saturated carbocycles. The molecule has 0 fully saturated rings. The summed E-state index contributed by atoms with van der Waals surface area (Å²) in [4.78, 5) is 8.98. The van der Waals surface area contributed by atoms with Gasteiger partial charge in [-0.05, 0) is 41.2 Å². The molecule has 1 aromatic carbocycles. The summed E-state index contributed by atoms with van der Waals surface area (Å²) in [6.07, 6.45) is 0. The van der Waals surface area contributed by atoms with Crippen LogP contribution in [0.25, 0.3) is 10.2 Å². The second kappa shape index (κ2) is 5.03. The Hall–Kier alpha value is -1.24. The average molecular weight is 359 g/mol. The summed E-state index contributed by atoms with van der Waals surface area (Å²) in [6.45, 7) is 0. The van der Waals surface area contributed by atoms with Crippen molar-refractivity contribution in [2.75, 3.05) is 5.32 Å². The summed E-state index contributed by atoms with van der Waals surface area (Å²) < 4.78 is 14.5. The number of nitrogens with one attached hydrogen (secondary N) is 1. The van der Waals surface area contributed by atoms with Crippen LogP contribution in [0.5, 0.6) is 0 Å². The summed E-state index contributed by atoms with van der Waals surface area (Å²) in [5.74, 6) is 0.134. The van der Waals surface area contributed by atoms with Crippen LogP contribution in [0, 0.1) is 5.82 Å². The highest BCUT2D eigenvalue weighted by atomic mass is 79.9. The van der Waals surface area contributed by atoms with E-state index in [4.69, 9.17) is 11.6 Å². The Labute approximate surface area is 125 Å². The molecule has 2 heterocycles. The third-order valence-electron chi connectivity index (χ3n) is 2.48. The van der Waals surface area contributed by atoms with Crippen molar-refractivity contribution in [3.63, 3.8) is 0 Å². The van der Waals surface area contributed by atoms with Crippen LogP contribution in [0.1, 0.15) is 0 Å². The molecule has 0 aliphatic rings. The van der Waals surface area contributed by atoms with Crippen molar-refractivity contribution in [3.05, 3.63) is 45.2 Å². The number of benzene rings is 1. The molecule has 0 saturated heterocycles. The average Bonchev–Trinajstić information content (AvgIpc) is 2.82. The van der Waals surface area contributed by atoms with E-state index >= 15 is 0 Å². The first-order valence-electron chi connectivity index (χ1n) is 5.26. The van der Waals surface area contributed by atoms with E-state index in [0.717, 1.165) is 14.7 Å². The molecule has 2 aromatic heterocycles. The smallest absolute Gasteiger partial charge is 0.225 e. The van der Waals surface area contributed by atoms with E-state index in [1.54, 1.807) is 12.1 Å². The van der Waals surface area contributed by atoms with E-state index in [1.807, 2.05) is 11.4 Å². The normalized spacial score (nSPS) is 10.9. The lowest BCUT2D eigenvalue weighted by Gasteiger charge is -2.08. The molecule has 3 nitrogen and oxygen atoms in total. The molecule has 0 aliphatic carbocycles. The van der Waals surface area contributed by atoms with Crippen LogP contribution in [-0.4, -0.2) is 9.97 Å². The Bertz CT molecular complexity index is 762. The molecule has 96 valence electrons. The monoisotopic (exact) mass is 357 g/mol. The number of hydrogen-bond donors (Lipinski definition) is 1. The summed E-state index contributed by atoms with van der Waals surface area (Å²) >= 11 is 10.6. The van der Waals surface area contributed by atoms with Crippen molar-refractivity contribution in [2.45, 2.75) is 0 Å². The first kappa shape index (κ1) is 12.8. The van der Waals surface area contributed by atoms with Crippen molar-refractivity contribution in [1.29, 1.82) is 0 Å². The Morgan fingerprint density at radius 3 is 2.95 bits per heavy atom. The van der Waals surface area contributed by atoms with E-state index in [2.05, 4.69) is 31.2 Å². The summed E-state index contributed by atoms with van der Waals surface area (Å²) in [5.41, 5.74) is 0.330. The van der Waals surface area contributed by atoms with E-state index in [1.165, 1.54) is 17.4 Å². The molecule has 0 unspecified atom stereocenters. The fraction of sp³-hybridized carbons (Fsp3) is 0. The van der Waals surface area contributed by atoms with Crippen molar-refractivity contribution in [2.24, 2.45) is 0 Å². The Morgan fingerprint density at radius 2 is 2.11 bits per heavy atom. The molecule has 3 aromatic rings. The molecular weight excluding hydrogens is 353 g/mol. The number of rotatable bonds is 2. The molecule has 0 spiro atoms. The molecule has 7 heteroatoms. The third kappa shape index (κ3) is 2.56. The third-order valence-corrected chi connectivity index (χ3v) is 3.95. The SMILES string of the molecule is Fc1ccc(Br)cc1Nc1nc(Cl)nc2sccc12. The summed E-state index contributed by atoms with van der Waals surface area (Å²) in [6, 6.07) is 6.52. The number of hydrogen-bond acceptors (Lipinski definition) is 4. The maximum atomic E-state index is 13.7. The molecule has 0 aliphatic heterocycles. The summed E-state index contributed by atoms with van der Waals surface area (Å²) in [7, 11) is 0. The highest BCUT2D eigenvalue weighted by molar-refractivity contribution is 9.10. The minimum atomic E-state index is -0.360. The van der Waals surface area contributed by atoms with Crippen LogP contribution in [0.4, 0.5) is 15.9 Å². The van der Waals surface area contributed by atoms with E-state index in [-0.39, 0.29) is 11.1 Å². The van der Waals surface area contributed by atoms with Crippen LogP contribution in [0.15, 0.2) is 34.1 Å². The second-order valence-corrected chi connectivity index (χ2v) is 5.88. The predicted molar refractivity (Wildman–Crippen MR) is 79.8 cm³/mol. The quantitative estimate of drug-likeness (QED) is 0.656. The van der Waals surface area contributed by atoms with Crippen LogP contribution >= 0.6 is 38.9 Å². The zero-order valence-corrected chi connectivity index (χ0v) is 12.5. The molecule has 0 atom stereocenters. The fourth-order valence-electron chi connectivity index (χ4n) is 1.65. The first-order chi connectivity index (χ1) is 9.13. The highest BCUT2D eigenvalue weighted by Crippen LogP contribution is 2.30. The van der Waals surface area contributed by atoms with Crippen LogP contribution in [0.2, 0.25) is 5.28 Å². The molecular formula is C12H6BrClFN3S. The van der Waals surface area contributed by atoms with Gasteiger partial charge in [0, 0.05) is 4.47 Å². The van der Waals surface area contributed by atoms with Crippen LogP contribution in [-0.2, 0) is 0 Å². The van der Waals surface area contributed by atoms with E-state index in [9.17, 15) is 4.39 Å². The standard InChI is InChI=1S/C12H6BrClFN3S/c13-6-1-2-8(15)9(5-6)16-10-7-3-4-19-11(7)18-12(14)17-10/h1-5H,(H,16,17,18). The molecule has 3 rings (SSSR count). The summed E-state index contributed by atoms with van der Waals surface area (Å²) in [5, 5.41) is 5.78. The highest BCUT2D eigenvalue weighted by Gasteiger charge is 2.10. The predicted octanol–water partition coefficient (Wildman–Crippen LogP) is 4.99. The van der Waals surface area contributed by atoms with Gasteiger partial charge in [0.1, 0.15) is 16.5 Å². The van der Waals surface area contributed by atoms with Crippen molar-refractivity contribution < 1.29 is 4.39 Å². The Kier molecular flexibility index (Phi) is 3.38. The first-order valence-corrected chi connectivity index (χ1v) is 7.31. The minimum Gasteiger partial charge on any atom is -0.337 e. The number of thiophene rings is 1. The van der Waals surface area contributed by atoms with Crippen LogP contribution < -0.4 is 5.32 Å². The maximum Gasteiger partial charge on any atom is 0.225 e. The number of halogens is 3. The lowest BCUT2D eigenvalue weighted by molar-refractivity contribution is 0.631. The lowest BCUT2D eigenvalue weighted by Crippen LogP contribution is -1.98. The number of anilines is 2. The molecule has 0 amide bonds. The molecule has 0 radical (unpaired) electrons. The van der Waals surface area contributed by atoms with Gasteiger partial charge in [-0.3, -0.25) is 0 Å². The lowest BCUT2D eigenvalue weighted by atomic mass is 10.3. The van der Waals surface area contributed by atoms with Crippen molar-refractivity contribution in [3.8, 4) is 0 Å². The van der Waals surface area contributed by atoms with E-state index in [0.29, 0.717) is 11.5 Å². The van der Waals surface area contributed by atoms with Gasteiger partial charge < -0.3 is 5.32 Å². The largest absolute Gasteiger partial charge is 0.337 e. The van der Waals surface area contributed by atoms with Crippen molar-refractivity contribution in [1.82, 2.24) is 9.97 Å². The molecule has 1 N–H and O–H groups in total. The number of aromatic nitrogens is 2. The second-order valence-electron chi connectivity index (χ2n) is 3.73. The fourth-order valence-corrected chi connectivity index (χ4v) is 2.99. The van der Waals surface area contributed by atoms with E-state index < -0.39 is 0 Å². The number of fused-ring (bicyclic) bond motifs is 1. The van der Waals surface area contributed by atoms with Gasteiger partial charge in [-0.2, -0.15) is 4.98 Å². The molecule has 19 heavy (non-hydrogen) atoms. The van der Waals surface area contributed by atoms with Gasteiger partial charge in [-0.25, -0.2) is 9.37 Å². The molecule has 0 bridgehead atoms. The van der Waals surface area contributed by atoms with Gasteiger partial charge in [0.15, 0.2) is 0 Å². The van der Waals surface area contributed by atoms with Gasteiger partial charge >= 0.3 is 0 Å². The Morgan fingerprint density at radius 1 is 1.26 bits per heavy atom. The topological polar surface area (TPSA) is 37.8 Å². The Balaban J connectivity index is 2.10.